The summed E-state index contributed by atoms with van der Waals surface area (Å²) < 4.78 is 70.6. The van der Waals surface area contributed by atoms with Gasteiger partial charge < -0.3 is 0 Å². The van der Waals surface area contributed by atoms with Gasteiger partial charge in [-0.2, -0.15) is 0 Å². The minimum absolute atomic E-state index is 0.00455. The molecule has 0 aromatic heterocycles. The van der Waals surface area contributed by atoms with E-state index in [0.29, 0.717) is 34.3 Å². The maximum absolute atomic E-state index is 16.4. The van der Waals surface area contributed by atoms with E-state index >= 15 is 17.6 Å². The first-order chi connectivity index (χ1) is 36.5. The summed E-state index contributed by atoms with van der Waals surface area (Å²) in [6.07, 6.45) is 9.59. The van der Waals surface area contributed by atoms with Crippen molar-refractivity contribution < 1.29 is 17.6 Å². The van der Waals surface area contributed by atoms with Crippen molar-refractivity contribution in [3.63, 3.8) is 0 Å². The number of hydrogen-bond donors (Lipinski definition) is 0. The largest absolute Gasteiger partial charge is 0.270 e. The highest BCUT2D eigenvalue weighted by Gasteiger charge is 2.47. The molecule has 0 N–H and O–H groups in total. The zero-order chi connectivity index (χ0) is 50.6. The summed E-state index contributed by atoms with van der Waals surface area (Å²) in [5.41, 5.74) is 5.07. The fourth-order valence-electron chi connectivity index (χ4n) is 12.4. The van der Waals surface area contributed by atoms with E-state index in [1.54, 1.807) is 24.3 Å². The van der Waals surface area contributed by atoms with Crippen LogP contribution in [0.25, 0.3) is 0 Å². The maximum Gasteiger partial charge on any atom is 0.132 e. The Labute approximate surface area is 439 Å². The van der Waals surface area contributed by atoms with Crippen molar-refractivity contribution in [2.75, 3.05) is 13.1 Å². The third-order valence-corrected chi connectivity index (χ3v) is 20.9. The lowest BCUT2D eigenvalue weighted by Gasteiger charge is -2.43. The van der Waals surface area contributed by atoms with Gasteiger partial charge in [0.1, 0.15) is 23.3 Å². The highest BCUT2D eigenvalue weighted by Crippen LogP contribution is 2.56. The lowest BCUT2D eigenvalue weighted by atomic mass is 9.87. The molecule has 0 saturated heterocycles. The Morgan fingerprint density at radius 2 is 0.500 bits per heavy atom. The van der Waals surface area contributed by atoms with Gasteiger partial charge in [0.05, 0.1) is 0 Å². The molecule has 0 amide bonds. The third-order valence-electron chi connectivity index (χ3n) is 15.7. The van der Waals surface area contributed by atoms with Crippen LogP contribution in [0.4, 0.5) is 17.6 Å². The quantitative estimate of drug-likeness (QED) is 0.0402. The fraction of sp³-hybridized carbons (Fsp3) is 0.273. The second-order valence-corrected chi connectivity index (χ2v) is 24.3. The molecule has 4 atom stereocenters. The standard InChI is InChI=1S/C66H66F4N2P2/c67-57-35-17-21-39-61(57)73(62-40-22-18-36-58(62)68)71(65-53(49-27-9-5-10-28-49)43-44-54(65)50-29-11-6-12-30-50)47-25-3-1-2-4-26-48-72(74(63-41-23-19-37-59(63)69)64-42-24-20-38-60(64)70)66-55(51-31-13-7-14-32-51)45-46-56(66)52-33-15-8-16-34-52/h5-24,27-42,53-56,65-66H,1-4,25-26,43-48H2/t53-,54-,55+,56+. The van der Waals surface area contributed by atoms with E-state index in [1.807, 2.05) is 48.5 Å². The predicted molar refractivity (Wildman–Crippen MR) is 302 cm³/mol. The third kappa shape index (κ3) is 11.7. The van der Waals surface area contributed by atoms with Gasteiger partial charge in [-0.1, -0.05) is 196 Å². The Kier molecular flexibility index (Phi) is 17.6. The monoisotopic (exact) mass is 1020 g/mol. The lowest BCUT2D eigenvalue weighted by molar-refractivity contribution is 0.289. The van der Waals surface area contributed by atoms with Gasteiger partial charge in [0.15, 0.2) is 0 Å². The van der Waals surface area contributed by atoms with Crippen molar-refractivity contribution in [3.8, 4) is 0 Å². The normalized spacial score (nSPS) is 18.3. The molecule has 0 bridgehead atoms. The summed E-state index contributed by atoms with van der Waals surface area (Å²) in [6.45, 7) is 1.39. The van der Waals surface area contributed by atoms with E-state index in [-0.39, 0.29) is 59.0 Å². The number of halogens is 4. The molecule has 2 fully saturated rings. The average Bonchev–Trinajstić information content (AvgIpc) is 4.10. The predicted octanol–water partition coefficient (Wildman–Crippen LogP) is 16.0. The van der Waals surface area contributed by atoms with Crippen LogP contribution in [-0.2, 0) is 0 Å². The van der Waals surface area contributed by atoms with Crippen molar-refractivity contribution >= 4 is 37.4 Å². The summed E-state index contributed by atoms with van der Waals surface area (Å²) in [5.74, 6) is -0.508. The molecule has 2 nitrogen and oxygen atoms in total. The Bertz CT molecular complexity index is 2610. The molecule has 0 aliphatic heterocycles. The van der Waals surface area contributed by atoms with Crippen molar-refractivity contribution in [1.29, 1.82) is 0 Å². The molecule has 10 rings (SSSR count). The topological polar surface area (TPSA) is 6.48 Å². The van der Waals surface area contributed by atoms with Crippen LogP contribution in [0, 0.1) is 23.3 Å². The Morgan fingerprint density at radius 3 is 0.743 bits per heavy atom. The van der Waals surface area contributed by atoms with Crippen molar-refractivity contribution in [2.45, 2.75) is 100.0 Å². The van der Waals surface area contributed by atoms with Crippen LogP contribution in [0.1, 0.15) is 110 Å². The van der Waals surface area contributed by atoms with Gasteiger partial charge in [0.2, 0.25) is 0 Å². The van der Waals surface area contributed by atoms with Crippen molar-refractivity contribution in [2.24, 2.45) is 0 Å². The smallest absolute Gasteiger partial charge is 0.132 e. The van der Waals surface area contributed by atoms with E-state index in [0.717, 1.165) is 64.2 Å². The molecule has 378 valence electrons. The zero-order valence-corrected chi connectivity index (χ0v) is 43.8. The minimum atomic E-state index is -1.61. The Hall–Kier alpha value is -5.74. The maximum atomic E-state index is 16.4. The zero-order valence-electron chi connectivity index (χ0n) is 42.0. The fourth-order valence-corrected chi connectivity index (χ4v) is 17.9. The summed E-state index contributed by atoms with van der Waals surface area (Å²) in [6, 6.07) is 71.0. The van der Waals surface area contributed by atoms with Crippen LogP contribution < -0.4 is 21.2 Å². The van der Waals surface area contributed by atoms with E-state index < -0.39 is 16.1 Å². The van der Waals surface area contributed by atoms with Crippen molar-refractivity contribution in [3.05, 3.63) is 264 Å². The van der Waals surface area contributed by atoms with Crippen LogP contribution in [-0.4, -0.2) is 34.5 Å². The molecule has 8 heteroatoms. The molecule has 8 aromatic rings. The van der Waals surface area contributed by atoms with Crippen LogP contribution in [0.3, 0.4) is 0 Å². The minimum Gasteiger partial charge on any atom is -0.270 e. The van der Waals surface area contributed by atoms with Crippen LogP contribution in [0.5, 0.6) is 0 Å². The number of nitrogens with zero attached hydrogens (tertiary/aromatic N) is 2. The molecule has 0 heterocycles. The molecule has 0 unspecified atom stereocenters. The number of hydrogen-bond acceptors (Lipinski definition) is 2. The first kappa shape index (κ1) is 51.7. The van der Waals surface area contributed by atoms with Gasteiger partial charge in [0, 0.05) is 86.2 Å². The van der Waals surface area contributed by atoms with E-state index in [4.69, 9.17) is 0 Å². The number of unbranched alkanes of at least 4 members (excludes halogenated alkanes) is 5. The van der Waals surface area contributed by atoms with Crippen LogP contribution >= 0.6 is 16.1 Å². The SMILES string of the molecule is Fc1ccccc1P(c1ccccc1F)N(CCCCCCCCN(C1[C@H](c2ccccc2)CC[C@H]1c1ccccc1)P(c1ccccc1F)c1ccccc1F)C1[C@@H](c2ccccc2)CC[C@@H]1c1ccccc1. The van der Waals surface area contributed by atoms with Crippen LogP contribution in [0.15, 0.2) is 218 Å². The molecule has 2 saturated carbocycles. The molecule has 8 aromatic carbocycles. The van der Waals surface area contributed by atoms with E-state index in [1.165, 1.54) is 46.5 Å². The van der Waals surface area contributed by atoms with Gasteiger partial charge in [-0.25, -0.2) is 17.6 Å². The van der Waals surface area contributed by atoms with Gasteiger partial charge in [-0.05, 0) is 109 Å². The lowest BCUT2D eigenvalue weighted by Crippen LogP contribution is -2.43. The molecular formula is C66H66F4N2P2. The van der Waals surface area contributed by atoms with E-state index in [2.05, 4.69) is 131 Å². The van der Waals surface area contributed by atoms with Gasteiger partial charge in [-0.3, -0.25) is 9.34 Å². The molecule has 0 spiro atoms. The Morgan fingerprint density at radius 1 is 0.284 bits per heavy atom. The highest BCUT2D eigenvalue weighted by molar-refractivity contribution is 7.71. The Balaban J connectivity index is 0.928. The number of rotatable bonds is 21. The first-order valence-corrected chi connectivity index (χ1v) is 29.4. The first-order valence-electron chi connectivity index (χ1n) is 26.8. The number of benzene rings is 8. The molecule has 2 aliphatic carbocycles. The van der Waals surface area contributed by atoms with E-state index in [9.17, 15) is 0 Å². The summed E-state index contributed by atoms with van der Waals surface area (Å²) >= 11 is 0. The summed E-state index contributed by atoms with van der Waals surface area (Å²) in [4.78, 5) is 0. The molecular weight excluding hydrogens is 959 g/mol. The van der Waals surface area contributed by atoms with Gasteiger partial charge >= 0.3 is 0 Å². The van der Waals surface area contributed by atoms with Crippen LogP contribution in [0.2, 0.25) is 0 Å². The van der Waals surface area contributed by atoms with Gasteiger partial charge in [-0.15, -0.1) is 0 Å². The molecule has 0 radical (unpaired) electrons. The van der Waals surface area contributed by atoms with Gasteiger partial charge in [0.25, 0.3) is 0 Å². The second kappa shape index (κ2) is 25.2. The molecule has 2 aliphatic rings. The van der Waals surface area contributed by atoms with Crippen molar-refractivity contribution in [1.82, 2.24) is 9.34 Å². The summed E-state index contributed by atoms with van der Waals surface area (Å²) in [7, 11) is -3.22. The molecule has 74 heavy (non-hydrogen) atoms. The second-order valence-electron chi connectivity index (χ2n) is 20.1. The average molecular weight is 1030 g/mol. The summed E-state index contributed by atoms with van der Waals surface area (Å²) in [5, 5.41) is 2.22. The highest BCUT2D eigenvalue weighted by atomic mass is 31.1.